The summed E-state index contributed by atoms with van der Waals surface area (Å²) in [6.45, 7) is 3.65. The third kappa shape index (κ3) is 7.70. The largest absolute Gasteiger partial charge is 0.497 e. The molecule has 146 valence electrons. The number of nitrogens with zero attached hydrogens (tertiary/aromatic N) is 1. The third-order valence-corrected chi connectivity index (χ3v) is 4.94. The van der Waals surface area contributed by atoms with E-state index in [1.807, 2.05) is 24.3 Å². The lowest BCUT2D eigenvalue weighted by Gasteiger charge is -2.15. The SMILES string of the molecule is CN=C(NCC(=O)NCc1ccc(OC)cc1)NCC(C)Cc1cccs1. The third-order valence-electron chi connectivity index (χ3n) is 4.04. The summed E-state index contributed by atoms with van der Waals surface area (Å²) in [5, 5.41) is 11.3. The van der Waals surface area contributed by atoms with Crippen LogP contribution in [0.25, 0.3) is 0 Å². The Morgan fingerprint density at radius 1 is 1.19 bits per heavy atom. The van der Waals surface area contributed by atoms with Crippen LogP contribution in [0.4, 0.5) is 0 Å². The standard InChI is InChI=1S/C20H28N4O2S/c1-15(11-18-5-4-10-27-18)12-23-20(21-2)24-14-19(25)22-13-16-6-8-17(26-3)9-7-16/h4-10,15H,11-14H2,1-3H3,(H,22,25)(H2,21,23,24). The summed E-state index contributed by atoms with van der Waals surface area (Å²) >= 11 is 1.78. The van der Waals surface area contributed by atoms with E-state index in [1.165, 1.54) is 4.88 Å². The normalized spacial score (nSPS) is 12.3. The van der Waals surface area contributed by atoms with Gasteiger partial charge in [-0.2, -0.15) is 0 Å². The van der Waals surface area contributed by atoms with Gasteiger partial charge in [0.1, 0.15) is 5.75 Å². The van der Waals surface area contributed by atoms with Crippen LogP contribution in [0, 0.1) is 5.92 Å². The van der Waals surface area contributed by atoms with E-state index in [9.17, 15) is 4.79 Å². The van der Waals surface area contributed by atoms with Crippen LogP contribution in [0.15, 0.2) is 46.8 Å². The van der Waals surface area contributed by atoms with Gasteiger partial charge in [0.05, 0.1) is 13.7 Å². The van der Waals surface area contributed by atoms with Gasteiger partial charge >= 0.3 is 0 Å². The Bertz CT molecular complexity index is 714. The van der Waals surface area contributed by atoms with Crippen molar-refractivity contribution in [3.63, 3.8) is 0 Å². The van der Waals surface area contributed by atoms with Gasteiger partial charge in [0.25, 0.3) is 0 Å². The van der Waals surface area contributed by atoms with E-state index in [4.69, 9.17) is 4.74 Å². The Labute approximate surface area is 165 Å². The number of nitrogens with one attached hydrogen (secondary N) is 3. The van der Waals surface area contributed by atoms with Crippen molar-refractivity contribution in [1.29, 1.82) is 0 Å². The van der Waals surface area contributed by atoms with Crippen molar-refractivity contribution in [2.75, 3.05) is 27.2 Å². The number of amides is 1. The molecule has 1 aromatic heterocycles. The van der Waals surface area contributed by atoms with Gasteiger partial charge < -0.3 is 20.7 Å². The molecule has 1 atom stereocenters. The first-order valence-corrected chi connectivity index (χ1v) is 9.85. The second-order valence-corrected chi connectivity index (χ2v) is 7.35. The molecule has 0 aliphatic heterocycles. The van der Waals surface area contributed by atoms with E-state index in [0.717, 1.165) is 24.3 Å². The first kappa shape index (κ1) is 20.8. The summed E-state index contributed by atoms with van der Waals surface area (Å²) in [6.07, 6.45) is 1.03. The fraction of sp³-hybridized carbons (Fsp3) is 0.400. The highest BCUT2D eigenvalue weighted by atomic mass is 32.1. The average molecular weight is 389 g/mol. The molecule has 2 rings (SSSR count). The minimum Gasteiger partial charge on any atom is -0.497 e. The summed E-state index contributed by atoms with van der Waals surface area (Å²) in [5.41, 5.74) is 1.02. The van der Waals surface area contributed by atoms with E-state index in [2.05, 4.69) is 45.4 Å². The van der Waals surface area contributed by atoms with Crippen LogP contribution >= 0.6 is 11.3 Å². The summed E-state index contributed by atoms with van der Waals surface area (Å²) in [5.74, 6) is 1.83. The number of carbonyl (C=O) groups excluding carboxylic acids is 1. The van der Waals surface area contributed by atoms with Crippen LogP contribution in [0.2, 0.25) is 0 Å². The Balaban J connectivity index is 1.65. The molecular formula is C20H28N4O2S. The fourth-order valence-corrected chi connectivity index (χ4v) is 3.38. The van der Waals surface area contributed by atoms with E-state index in [1.54, 1.807) is 25.5 Å². The second-order valence-electron chi connectivity index (χ2n) is 6.32. The van der Waals surface area contributed by atoms with Gasteiger partial charge in [0, 0.05) is 25.0 Å². The summed E-state index contributed by atoms with van der Waals surface area (Å²) in [6, 6.07) is 11.8. The van der Waals surface area contributed by atoms with Gasteiger partial charge in [-0.25, -0.2) is 0 Å². The van der Waals surface area contributed by atoms with Crippen molar-refractivity contribution in [3.05, 3.63) is 52.2 Å². The van der Waals surface area contributed by atoms with Crippen LogP contribution < -0.4 is 20.7 Å². The summed E-state index contributed by atoms with van der Waals surface area (Å²) < 4.78 is 5.12. The Morgan fingerprint density at radius 2 is 1.96 bits per heavy atom. The molecule has 1 aromatic carbocycles. The van der Waals surface area contributed by atoms with Gasteiger partial charge in [-0.05, 0) is 41.5 Å². The zero-order valence-corrected chi connectivity index (χ0v) is 16.9. The zero-order chi connectivity index (χ0) is 19.5. The number of carbonyl (C=O) groups is 1. The van der Waals surface area contributed by atoms with E-state index in [-0.39, 0.29) is 12.5 Å². The molecule has 1 heterocycles. The number of ether oxygens (including phenoxy) is 1. The Morgan fingerprint density at radius 3 is 2.59 bits per heavy atom. The average Bonchev–Trinajstić information content (AvgIpc) is 3.19. The number of aliphatic imine (C=N–C) groups is 1. The van der Waals surface area contributed by atoms with Crippen molar-refractivity contribution in [2.24, 2.45) is 10.9 Å². The quantitative estimate of drug-likeness (QED) is 0.456. The Hall–Kier alpha value is -2.54. The number of hydrogen-bond donors (Lipinski definition) is 3. The predicted octanol–water partition coefficient (Wildman–Crippen LogP) is 2.42. The van der Waals surface area contributed by atoms with Crippen LogP contribution in [0.5, 0.6) is 5.75 Å². The monoisotopic (exact) mass is 388 g/mol. The van der Waals surface area contributed by atoms with Gasteiger partial charge in [0.15, 0.2) is 5.96 Å². The lowest BCUT2D eigenvalue weighted by molar-refractivity contribution is -0.120. The molecule has 0 bridgehead atoms. The number of guanidine groups is 1. The molecule has 1 unspecified atom stereocenters. The number of methoxy groups -OCH3 is 1. The molecule has 27 heavy (non-hydrogen) atoms. The molecule has 0 radical (unpaired) electrons. The molecule has 3 N–H and O–H groups in total. The minimum atomic E-state index is -0.0830. The first-order valence-electron chi connectivity index (χ1n) is 8.97. The van der Waals surface area contributed by atoms with Gasteiger partial charge in [-0.3, -0.25) is 9.79 Å². The molecular weight excluding hydrogens is 360 g/mol. The smallest absolute Gasteiger partial charge is 0.239 e. The molecule has 0 saturated heterocycles. The van der Waals surface area contributed by atoms with E-state index < -0.39 is 0 Å². The highest BCUT2D eigenvalue weighted by Gasteiger charge is 2.07. The summed E-state index contributed by atoms with van der Waals surface area (Å²) in [4.78, 5) is 17.6. The molecule has 0 aliphatic rings. The van der Waals surface area contributed by atoms with Crippen molar-refractivity contribution in [2.45, 2.75) is 19.9 Å². The number of rotatable bonds is 9. The molecule has 7 heteroatoms. The maximum absolute atomic E-state index is 12.0. The second kappa shape index (κ2) is 11.2. The van der Waals surface area contributed by atoms with E-state index >= 15 is 0 Å². The fourth-order valence-electron chi connectivity index (χ4n) is 2.51. The molecule has 0 spiro atoms. The minimum absolute atomic E-state index is 0.0830. The van der Waals surface area contributed by atoms with E-state index in [0.29, 0.717) is 18.4 Å². The van der Waals surface area contributed by atoms with Gasteiger partial charge in [0.2, 0.25) is 5.91 Å². The number of hydrogen-bond acceptors (Lipinski definition) is 4. The number of thiophene rings is 1. The number of benzene rings is 1. The molecule has 0 fully saturated rings. The Kier molecular flexibility index (Phi) is 8.64. The van der Waals surface area contributed by atoms with Crippen LogP contribution in [-0.2, 0) is 17.8 Å². The van der Waals surface area contributed by atoms with Crippen molar-refractivity contribution in [3.8, 4) is 5.75 Å². The van der Waals surface area contributed by atoms with Crippen LogP contribution in [0.3, 0.4) is 0 Å². The molecule has 1 amide bonds. The molecule has 0 saturated carbocycles. The van der Waals surface area contributed by atoms with Crippen molar-refractivity contribution < 1.29 is 9.53 Å². The first-order chi connectivity index (χ1) is 13.1. The topological polar surface area (TPSA) is 74.8 Å². The maximum atomic E-state index is 12.0. The van der Waals surface area contributed by atoms with Gasteiger partial charge in [-0.1, -0.05) is 25.1 Å². The van der Waals surface area contributed by atoms with Crippen LogP contribution in [-0.4, -0.2) is 39.1 Å². The van der Waals surface area contributed by atoms with Crippen molar-refractivity contribution in [1.82, 2.24) is 16.0 Å². The molecule has 6 nitrogen and oxygen atoms in total. The molecule has 2 aromatic rings. The van der Waals surface area contributed by atoms with Gasteiger partial charge in [-0.15, -0.1) is 11.3 Å². The highest BCUT2D eigenvalue weighted by Crippen LogP contribution is 2.13. The zero-order valence-electron chi connectivity index (χ0n) is 16.1. The lowest BCUT2D eigenvalue weighted by atomic mass is 10.1. The maximum Gasteiger partial charge on any atom is 0.239 e. The lowest BCUT2D eigenvalue weighted by Crippen LogP contribution is -2.44. The van der Waals surface area contributed by atoms with Crippen LogP contribution in [0.1, 0.15) is 17.4 Å². The highest BCUT2D eigenvalue weighted by molar-refractivity contribution is 7.09. The van der Waals surface area contributed by atoms with Crippen molar-refractivity contribution >= 4 is 23.2 Å². The predicted molar refractivity (Wildman–Crippen MR) is 111 cm³/mol. The molecule has 0 aliphatic carbocycles. The summed E-state index contributed by atoms with van der Waals surface area (Å²) in [7, 11) is 3.33.